The number of rotatable bonds is 8. The van der Waals surface area contributed by atoms with Crippen LogP contribution in [0.15, 0.2) is 36.7 Å². The van der Waals surface area contributed by atoms with Gasteiger partial charge in [0.2, 0.25) is 11.8 Å². The van der Waals surface area contributed by atoms with Gasteiger partial charge in [0.05, 0.1) is 12.3 Å². The van der Waals surface area contributed by atoms with E-state index < -0.39 is 0 Å². The Hall–Kier alpha value is -2.76. The molecule has 0 aliphatic carbocycles. The van der Waals surface area contributed by atoms with Crippen molar-refractivity contribution < 1.29 is 14.3 Å². The predicted molar refractivity (Wildman–Crippen MR) is 100 cm³/mol. The molecule has 0 fully saturated rings. The maximum Gasteiger partial charge on any atom is 0.224 e. The Bertz CT molecular complexity index is 756. The number of nitrogens with zero attached hydrogens (tertiary/aromatic N) is 1. The van der Waals surface area contributed by atoms with Crippen LogP contribution in [0, 0.1) is 0 Å². The number of para-hydroxylation sites is 1. The van der Waals surface area contributed by atoms with Crippen molar-refractivity contribution in [2.75, 3.05) is 18.5 Å². The van der Waals surface area contributed by atoms with E-state index in [1.165, 1.54) is 0 Å². The fourth-order valence-corrected chi connectivity index (χ4v) is 3.11. The number of H-pyrrole nitrogens is 1. The molecule has 0 bridgehead atoms. The molecule has 0 unspecified atom stereocenters. The van der Waals surface area contributed by atoms with Crippen molar-refractivity contribution in [3.8, 4) is 5.75 Å². The number of hydrogen-bond acceptors (Lipinski definition) is 3. The highest BCUT2D eigenvalue weighted by atomic mass is 16.5. The third kappa shape index (κ3) is 4.45. The number of anilines is 1. The molecule has 2 heterocycles. The van der Waals surface area contributed by atoms with Crippen molar-refractivity contribution in [1.29, 1.82) is 0 Å². The van der Waals surface area contributed by atoms with Gasteiger partial charge in [-0.3, -0.25) is 9.59 Å². The second-order valence-electron chi connectivity index (χ2n) is 6.42. The molecule has 6 heteroatoms. The summed E-state index contributed by atoms with van der Waals surface area (Å²) in [7, 11) is 0. The number of nitrogens with one attached hydrogen (secondary N) is 2. The Labute approximate surface area is 153 Å². The van der Waals surface area contributed by atoms with Crippen LogP contribution in [0.4, 0.5) is 5.69 Å². The summed E-state index contributed by atoms with van der Waals surface area (Å²) in [5.41, 5.74) is 2.97. The second-order valence-corrected chi connectivity index (χ2v) is 6.42. The predicted octanol–water partition coefficient (Wildman–Crippen LogP) is 3.11. The Kier molecular flexibility index (Phi) is 5.94. The molecule has 3 rings (SSSR count). The Morgan fingerprint density at radius 1 is 1.27 bits per heavy atom. The summed E-state index contributed by atoms with van der Waals surface area (Å²) in [6.07, 6.45) is 6.10. The summed E-state index contributed by atoms with van der Waals surface area (Å²) in [6.45, 7) is 3.74. The van der Waals surface area contributed by atoms with E-state index >= 15 is 0 Å². The highest BCUT2D eigenvalue weighted by Crippen LogP contribution is 2.32. The van der Waals surface area contributed by atoms with E-state index in [0.717, 1.165) is 23.2 Å². The second kappa shape index (κ2) is 8.56. The molecule has 0 saturated heterocycles. The van der Waals surface area contributed by atoms with Crippen molar-refractivity contribution in [2.45, 2.75) is 39.2 Å². The van der Waals surface area contributed by atoms with Gasteiger partial charge in [0, 0.05) is 38.3 Å². The minimum atomic E-state index is 0.0204. The van der Waals surface area contributed by atoms with Crippen molar-refractivity contribution in [3.63, 3.8) is 0 Å². The molecule has 0 spiro atoms. The van der Waals surface area contributed by atoms with Crippen molar-refractivity contribution in [1.82, 2.24) is 9.88 Å². The zero-order chi connectivity index (χ0) is 18.4. The van der Waals surface area contributed by atoms with Crippen LogP contribution in [-0.4, -0.2) is 34.8 Å². The van der Waals surface area contributed by atoms with Crippen LogP contribution in [0.3, 0.4) is 0 Å². The number of carbonyl (C=O) groups excluding carboxylic acids is 2. The standard InChI is InChI=1S/C20H25N3O3/c1-2-23(14-15-10-11-21-13-15)19(25)7-4-12-26-17-6-3-5-16-8-9-18(24)22-20(16)17/h3,5-6,10-11,13,21H,2,4,7-9,12,14H2,1H3,(H,22,24). The molecule has 6 nitrogen and oxygen atoms in total. The first-order valence-corrected chi connectivity index (χ1v) is 9.11. The average Bonchev–Trinajstić information content (AvgIpc) is 3.16. The zero-order valence-corrected chi connectivity index (χ0v) is 15.1. The lowest BCUT2D eigenvalue weighted by Crippen LogP contribution is -2.30. The van der Waals surface area contributed by atoms with Crippen LogP contribution in [0.1, 0.15) is 37.3 Å². The van der Waals surface area contributed by atoms with E-state index in [2.05, 4.69) is 10.3 Å². The van der Waals surface area contributed by atoms with Crippen LogP contribution in [0.25, 0.3) is 0 Å². The summed E-state index contributed by atoms with van der Waals surface area (Å²) >= 11 is 0. The number of ether oxygens (including phenoxy) is 1. The minimum Gasteiger partial charge on any atom is -0.491 e. The van der Waals surface area contributed by atoms with Crippen molar-refractivity contribution in [2.24, 2.45) is 0 Å². The fraction of sp³-hybridized carbons (Fsp3) is 0.400. The highest BCUT2D eigenvalue weighted by molar-refractivity contribution is 5.95. The van der Waals surface area contributed by atoms with Crippen molar-refractivity contribution >= 4 is 17.5 Å². The number of fused-ring (bicyclic) bond motifs is 1. The quantitative estimate of drug-likeness (QED) is 0.715. The molecule has 0 atom stereocenters. The molecular weight excluding hydrogens is 330 g/mol. The van der Waals surface area contributed by atoms with Gasteiger partial charge in [0.15, 0.2) is 0 Å². The maximum atomic E-state index is 12.4. The fourth-order valence-electron chi connectivity index (χ4n) is 3.11. The van der Waals surface area contributed by atoms with Gasteiger partial charge in [-0.15, -0.1) is 0 Å². The van der Waals surface area contributed by atoms with Gasteiger partial charge in [-0.25, -0.2) is 0 Å². The average molecular weight is 355 g/mol. The van der Waals surface area contributed by atoms with E-state index in [0.29, 0.717) is 44.7 Å². The largest absolute Gasteiger partial charge is 0.491 e. The molecule has 1 aromatic carbocycles. The molecule has 1 aliphatic heterocycles. The first-order valence-electron chi connectivity index (χ1n) is 9.11. The minimum absolute atomic E-state index is 0.0204. The van der Waals surface area contributed by atoms with E-state index in [1.807, 2.05) is 48.5 Å². The monoisotopic (exact) mass is 355 g/mol. The zero-order valence-electron chi connectivity index (χ0n) is 15.1. The summed E-state index contributed by atoms with van der Waals surface area (Å²) < 4.78 is 5.83. The molecule has 2 aromatic rings. The lowest BCUT2D eigenvalue weighted by molar-refractivity contribution is -0.131. The number of aryl methyl sites for hydroxylation is 1. The van der Waals surface area contributed by atoms with E-state index in [9.17, 15) is 9.59 Å². The number of aromatic nitrogens is 1. The number of hydrogen-bond donors (Lipinski definition) is 2. The van der Waals surface area contributed by atoms with Crippen LogP contribution in [-0.2, 0) is 22.6 Å². The molecule has 138 valence electrons. The number of amides is 2. The molecule has 1 aliphatic rings. The molecule has 2 amide bonds. The molecule has 26 heavy (non-hydrogen) atoms. The molecular formula is C20H25N3O3. The molecule has 0 radical (unpaired) electrons. The van der Waals surface area contributed by atoms with Gasteiger partial charge in [-0.05, 0) is 43.0 Å². The van der Waals surface area contributed by atoms with Crippen LogP contribution < -0.4 is 10.1 Å². The van der Waals surface area contributed by atoms with Gasteiger partial charge in [0.1, 0.15) is 5.75 Å². The molecule has 0 saturated carbocycles. The first kappa shape index (κ1) is 18.0. The third-order valence-electron chi connectivity index (χ3n) is 4.56. The van der Waals surface area contributed by atoms with Gasteiger partial charge >= 0.3 is 0 Å². The number of aromatic amines is 1. The van der Waals surface area contributed by atoms with E-state index in [4.69, 9.17) is 4.74 Å². The summed E-state index contributed by atoms with van der Waals surface area (Å²) in [4.78, 5) is 28.9. The highest BCUT2D eigenvalue weighted by Gasteiger charge is 2.18. The van der Waals surface area contributed by atoms with Crippen molar-refractivity contribution in [3.05, 3.63) is 47.8 Å². The summed E-state index contributed by atoms with van der Waals surface area (Å²) in [5, 5.41) is 2.89. The molecule has 2 N–H and O–H groups in total. The van der Waals surface area contributed by atoms with Crippen LogP contribution >= 0.6 is 0 Å². The maximum absolute atomic E-state index is 12.4. The number of benzene rings is 1. The normalized spacial score (nSPS) is 13.0. The van der Waals surface area contributed by atoms with Gasteiger partial charge < -0.3 is 19.9 Å². The summed E-state index contributed by atoms with van der Waals surface area (Å²) in [6, 6.07) is 7.78. The summed E-state index contributed by atoms with van der Waals surface area (Å²) in [5.74, 6) is 0.829. The number of carbonyl (C=O) groups is 2. The SMILES string of the molecule is CCN(Cc1cc[nH]c1)C(=O)CCCOc1cccc2c1NC(=O)CC2. The topological polar surface area (TPSA) is 74.4 Å². The first-order chi connectivity index (χ1) is 12.7. The van der Waals surface area contributed by atoms with E-state index in [-0.39, 0.29) is 11.8 Å². The smallest absolute Gasteiger partial charge is 0.224 e. The lowest BCUT2D eigenvalue weighted by atomic mass is 10.0. The molecule has 1 aromatic heterocycles. The van der Waals surface area contributed by atoms with Gasteiger partial charge in [-0.2, -0.15) is 0 Å². The van der Waals surface area contributed by atoms with Crippen LogP contribution in [0.2, 0.25) is 0 Å². The Morgan fingerprint density at radius 2 is 2.15 bits per heavy atom. The lowest BCUT2D eigenvalue weighted by Gasteiger charge is -2.21. The Balaban J connectivity index is 1.48. The van der Waals surface area contributed by atoms with E-state index in [1.54, 1.807) is 0 Å². The van der Waals surface area contributed by atoms with Gasteiger partial charge in [0.25, 0.3) is 0 Å². The van der Waals surface area contributed by atoms with Crippen LogP contribution in [0.5, 0.6) is 5.75 Å². The third-order valence-corrected chi connectivity index (χ3v) is 4.56. The Morgan fingerprint density at radius 3 is 2.92 bits per heavy atom. The van der Waals surface area contributed by atoms with Gasteiger partial charge in [-0.1, -0.05) is 12.1 Å².